The zero-order valence-corrected chi connectivity index (χ0v) is 16.4. The lowest BCUT2D eigenvalue weighted by Gasteiger charge is -2.32. The molecule has 1 fully saturated rings. The van der Waals surface area contributed by atoms with Gasteiger partial charge in [-0.05, 0) is 48.2 Å². The number of nitrogens with zero attached hydrogens (tertiary/aromatic N) is 1. The van der Waals surface area contributed by atoms with Crippen LogP contribution in [0.2, 0.25) is 5.02 Å². The van der Waals surface area contributed by atoms with Gasteiger partial charge in [-0.1, -0.05) is 45.7 Å². The molecule has 0 radical (unpaired) electrons. The van der Waals surface area contributed by atoms with Crippen LogP contribution in [0.3, 0.4) is 0 Å². The van der Waals surface area contributed by atoms with E-state index in [1.54, 1.807) is 29.2 Å². The first-order chi connectivity index (χ1) is 12.7. The number of rotatable bonds is 4. The lowest BCUT2D eigenvalue weighted by atomic mass is 9.94. The average Bonchev–Trinajstić information content (AvgIpc) is 3.07. The van der Waals surface area contributed by atoms with Gasteiger partial charge in [0, 0.05) is 11.0 Å². The summed E-state index contributed by atoms with van der Waals surface area (Å²) in [7, 11) is 0. The predicted octanol–water partition coefficient (Wildman–Crippen LogP) is 5.76. The van der Waals surface area contributed by atoms with Gasteiger partial charge in [0.1, 0.15) is 6.04 Å². The van der Waals surface area contributed by atoms with E-state index in [0.29, 0.717) is 24.9 Å². The topological polar surface area (TPSA) is 40.5 Å². The molecule has 3 rings (SSSR count). The highest BCUT2D eigenvalue weighted by molar-refractivity contribution is 9.10. The van der Waals surface area contributed by atoms with Crippen molar-refractivity contribution in [3.05, 3.63) is 68.7 Å². The minimum atomic E-state index is -4.59. The highest BCUT2D eigenvalue weighted by atomic mass is 79.9. The molecule has 0 bridgehead atoms. The molecule has 1 aliphatic rings. The van der Waals surface area contributed by atoms with Gasteiger partial charge in [0.15, 0.2) is 0 Å². The Hall–Kier alpha value is -1.57. The third-order valence-corrected chi connectivity index (χ3v) is 5.57. The number of carboxylic acid groups (broad SMARTS) is 1. The molecule has 8 heteroatoms. The van der Waals surface area contributed by atoms with Crippen molar-refractivity contribution >= 4 is 33.5 Å². The van der Waals surface area contributed by atoms with Gasteiger partial charge < -0.3 is 5.11 Å². The number of alkyl halides is 3. The molecule has 1 heterocycles. The Kier molecular flexibility index (Phi) is 5.84. The lowest BCUT2D eigenvalue weighted by molar-refractivity contribution is -0.143. The summed E-state index contributed by atoms with van der Waals surface area (Å²) in [4.78, 5) is 13.4. The lowest BCUT2D eigenvalue weighted by Crippen LogP contribution is -2.39. The number of benzene rings is 2. The van der Waals surface area contributed by atoms with Gasteiger partial charge in [-0.2, -0.15) is 13.2 Å². The Labute approximate surface area is 167 Å². The minimum Gasteiger partial charge on any atom is -0.480 e. The maximum Gasteiger partial charge on any atom is 0.417 e. The van der Waals surface area contributed by atoms with Crippen LogP contribution in [0, 0.1) is 0 Å². The molecule has 27 heavy (non-hydrogen) atoms. The molecule has 2 atom stereocenters. The van der Waals surface area contributed by atoms with E-state index in [0.717, 1.165) is 16.1 Å². The van der Waals surface area contributed by atoms with E-state index >= 15 is 0 Å². The molecule has 0 amide bonds. The van der Waals surface area contributed by atoms with E-state index < -0.39 is 29.8 Å². The number of hydrogen-bond acceptors (Lipinski definition) is 2. The second-order valence-corrected chi connectivity index (χ2v) is 7.75. The van der Waals surface area contributed by atoms with Gasteiger partial charge >= 0.3 is 12.1 Å². The second-order valence-electron chi connectivity index (χ2n) is 6.43. The summed E-state index contributed by atoms with van der Waals surface area (Å²) >= 11 is 9.10. The van der Waals surface area contributed by atoms with Crippen LogP contribution in [0.15, 0.2) is 46.9 Å². The Morgan fingerprint density at radius 2 is 1.81 bits per heavy atom. The zero-order chi connectivity index (χ0) is 19.8. The Bertz CT molecular complexity index is 842. The Balaban J connectivity index is 2.13. The zero-order valence-electron chi connectivity index (χ0n) is 14.0. The third kappa shape index (κ3) is 4.31. The van der Waals surface area contributed by atoms with Crippen molar-refractivity contribution < 1.29 is 23.1 Å². The number of halogens is 5. The molecular weight excluding hydrogens is 447 g/mol. The fourth-order valence-electron chi connectivity index (χ4n) is 3.51. The first-order valence-electron chi connectivity index (χ1n) is 8.29. The van der Waals surface area contributed by atoms with Gasteiger partial charge in [0.05, 0.1) is 16.6 Å². The number of carboxylic acids is 1. The van der Waals surface area contributed by atoms with E-state index in [9.17, 15) is 23.1 Å². The molecule has 0 aromatic heterocycles. The summed E-state index contributed by atoms with van der Waals surface area (Å²) in [5.41, 5.74) is 0.166. The third-order valence-electron chi connectivity index (χ3n) is 4.71. The maximum atomic E-state index is 13.3. The molecule has 3 nitrogen and oxygen atoms in total. The predicted molar refractivity (Wildman–Crippen MR) is 99.8 cm³/mol. The molecule has 0 aliphatic carbocycles. The van der Waals surface area contributed by atoms with Crippen molar-refractivity contribution in [2.45, 2.75) is 31.1 Å². The first-order valence-corrected chi connectivity index (χ1v) is 9.46. The van der Waals surface area contributed by atoms with Crippen LogP contribution < -0.4 is 0 Å². The van der Waals surface area contributed by atoms with Crippen LogP contribution in [0.25, 0.3) is 0 Å². The Morgan fingerprint density at radius 1 is 1.19 bits per heavy atom. The number of aliphatic carboxylic acids is 1. The van der Waals surface area contributed by atoms with Crippen LogP contribution in [0.1, 0.15) is 35.6 Å². The van der Waals surface area contributed by atoms with Crippen LogP contribution in [-0.4, -0.2) is 28.6 Å². The monoisotopic (exact) mass is 461 g/mol. The van der Waals surface area contributed by atoms with Crippen LogP contribution >= 0.6 is 27.5 Å². The largest absolute Gasteiger partial charge is 0.480 e. The average molecular weight is 463 g/mol. The smallest absolute Gasteiger partial charge is 0.417 e. The maximum absolute atomic E-state index is 13.3. The fraction of sp³-hybridized carbons (Fsp3) is 0.316. The summed E-state index contributed by atoms with van der Waals surface area (Å²) in [5, 5.41) is 9.17. The van der Waals surface area contributed by atoms with Crippen molar-refractivity contribution in [3.63, 3.8) is 0 Å². The highest BCUT2D eigenvalue weighted by Gasteiger charge is 2.39. The molecule has 144 valence electrons. The van der Waals surface area contributed by atoms with Crippen LogP contribution in [0.5, 0.6) is 0 Å². The van der Waals surface area contributed by atoms with E-state index in [1.807, 2.05) is 0 Å². The van der Waals surface area contributed by atoms with Gasteiger partial charge in [0.25, 0.3) is 0 Å². The quantitative estimate of drug-likeness (QED) is 0.628. The van der Waals surface area contributed by atoms with Gasteiger partial charge in [0.2, 0.25) is 0 Å². The fourth-order valence-corrected chi connectivity index (χ4v) is 4.00. The molecule has 1 N–H and O–H groups in total. The summed E-state index contributed by atoms with van der Waals surface area (Å²) in [6.45, 7) is 0.488. The van der Waals surface area contributed by atoms with Crippen molar-refractivity contribution in [2.75, 3.05) is 6.54 Å². The van der Waals surface area contributed by atoms with Gasteiger partial charge in [-0.25, -0.2) is 0 Å². The molecule has 1 aliphatic heterocycles. The van der Waals surface area contributed by atoms with Crippen molar-refractivity contribution in [1.29, 1.82) is 0 Å². The van der Waals surface area contributed by atoms with Crippen molar-refractivity contribution in [3.8, 4) is 0 Å². The molecular formula is C19H16BrClF3NO2. The van der Waals surface area contributed by atoms with E-state index in [2.05, 4.69) is 15.9 Å². The van der Waals surface area contributed by atoms with E-state index in [1.165, 1.54) is 12.1 Å². The summed E-state index contributed by atoms with van der Waals surface area (Å²) in [6, 6.07) is 9.56. The highest BCUT2D eigenvalue weighted by Crippen LogP contribution is 2.40. The summed E-state index contributed by atoms with van der Waals surface area (Å²) in [5.74, 6) is -0.973. The first kappa shape index (κ1) is 20.2. The van der Waals surface area contributed by atoms with Crippen LogP contribution in [0.4, 0.5) is 13.2 Å². The molecule has 2 unspecified atom stereocenters. The van der Waals surface area contributed by atoms with Gasteiger partial charge in [-0.3, -0.25) is 9.69 Å². The normalized spacial score (nSPS) is 19.2. The van der Waals surface area contributed by atoms with Crippen LogP contribution in [-0.2, 0) is 11.0 Å². The van der Waals surface area contributed by atoms with Crippen molar-refractivity contribution in [2.24, 2.45) is 0 Å². The van der Waals surface area contributed by atoms with E-state index in [-0.39, 0.29) is 5.02 Å². The van der Waals surface area contributed by atoms with Crippen molar-refractivity contribution in [1.82, 2.24) is 4.90 Å². The number of likely N-dealkylation sites (tertiary alicyclic amines) is 1. The molecule has 0 saturated carbocycles. The molecule has 2 aromatic rings. The summed E-state index contributed by atoms with van der Waals surface area (Å²) in [6.07, 6.45) is -3.46. The molecule has 0 spiro atoms. The number of carbonyl (C=O) groups is 1. The number of hydrogen-bond donors (Lipinski definition) is 1. The molecule has 2 aromatic carbocycles. The molecule has 1 saturated heterocycles. The minimum absolute atomic E-state index is 0.363. The van der Waals surface area contributed by atoms with E-state index in [4.69, 9.17) is 11.6 Å². The summed E-state index contributed by atoms with van der Waals surface area (Å²) < 4.78 is 40.8. The van der Waals surface area contributed by atoms with Gasteiger partial charge in [-0.15, -0.1) is 0 Å². The second kappa shape index (κ2) is 7.81. The SMILES string of the molecule is O=C(O)C1CCCN1C(c1ccc(Br)cc1)c1ccc(Cl)c(C(F)(F)F)c1. The standard InChI is InChI=1S/C19H16BrClF3NO2/c20-13-6-3-11(4-7-13)17(25-9-1-2-16(25)18(26)27)12-5-8-15(21)14(10-12)19(22,23)24/h3-8,10,16-17H,1-2,9H2,(H,26,27). The Morgan fingerprint density at radius 3 is 2.41 bits per heavy atom.